The van der Waals surface area contributed by atoms with Crippen molar-refractivity contribution in [3.05, 3.63) is 30.3 Å². The smallest absolute Gasteiger partial charge is 0.409 e. The van der Waals surface area contributed by atoms with Crippen molar-refractivity contribution in [2.45, 2.75) is 32.7 Å². The first-order valence-corrected chi connectivity index (χ1v) is 8.96. The number of nitrogens with one attached hydrogen (secondary N) is 1. The summed E-state index contributed by atoms with van der Waals surface area (Å²) in [7, 11) is 0. The standard InChI is InChI=1S/C13H19ClNO4P/c1-3-4-10-18-13(16)11(2)15-20(14,17)19-12-8-6-5-7-9-12/h5-9,11H,3-4,10H2,1-2H3,(H,15,17). The highest BCUT2D eigenvalue weighted by atomic mass is 35.7. The number of para-hydroxylation sites is 1. The average molecular weight is 320 g/mol. The number of carbonyl (C=O) groups excluding carboxylic acids is 1. The van der Waals surface area contributed by atoms with E-state index in [-0.39, 0.29) is 0 Å². The molecule has 0 spiro atoms. The van der Waals surface area contributed by atoms with Crippen LogP contribution in [0.2, 0.25) is 0 Å². The van der Waals surface area contributed by atoms with Gasteiger partial charge in [-0.1, -0.05) is 31.5 Å². The summed E-state index contributed by atoms with van der Waals surface area (Å²) in [5.41, 5.74) is 0. The van der Waals surface area contributed by atoms with E-state index in [0.717, 1.165) is 12.8 Å². The summed E-state index contributed by atoms with van der Waals surface area (Å²) in [6.45, 7) is 0.220. The van der Waals surface area contributed by atoms with E-state index < -0.39 is 18.9 Å². The van der Waals surface area contributed by atoms with Gasteiger partial charge in [0, 0.05) is 11.2 Å². The van der Waals surface area contributed by atoms with Crippen molar-refractivity contribution in [1.29, 1.82) is 0 Å². The number of rotatable bonds is 8. The lowest BCUT2D eigenvalue weighted by Crippen LogP contribution is -2.33. The molecule has 1 aromatic carbocycles. The zero-order valence-electron chi connectivity index (χ0n) is 11.5. The first kappa shape index (κ1) is 17.0. The Hall–Kier alpha value is -1.03. The number of carbonyl (C=O) groups is 1. The maximum Gasteiger partial charge on any atom is 0.409 e. The van der Waals surface area contributed by atoms with Gasteiger partial charge < -0.3 is 9.26 Å². The van der Waals surface area contributed by atoms with E-state index in [4.69, 9.17) is 20.5 Å². The Labute approximate surface area is 123 Å². The van der Waals surface area contributed by atoms with Crippen LogP contribution in [0, 0.1) is 0 Å². The summed E-state index contributed by atoms with van der Waals surface area (Å²) in [6.07, 6.45) is 1.72. The Morgan fingerprint density at radius 3 is 2.65 bits per heavy atom. The second-order valence-electron chi connectivity index (χ2n) is 4.26. The molecule has 112 valence electrons. The van der Waals surface area contributed by atoms with Crippen molar-refractivity contribution >= 4 is 24.1 Å². The third kappa shape index (κ3) is 6.42. The molecule has 7 heteroatoms. The first-order valence-electron chi connectivity index (χ1n) is 6.43. The van der Waals surface area contributed by atoms with Crippen LogP contribution in [-0.2, 0) is 14.1 Å². The van der Waals surface area contributed by atoms with E-state index in [0.29, 0.717) is 12.4 Å². The van der Waals surface area contributed by atoms with E-state index in [9.17, 15) is 9.36 Å². The van der Waals surface area contributed by atoms with Gasteiger partial charge >= 0.3 is 12.8 Å². The van der Waals surface area contributed by atoms with Gasteiger partial charge in [-0.2, -0.15) is 0 Å². The van der Waals surface area contributed by atoms with Crippen LogP contribution in [0.1, 0.15) is 26.7 Å². The second-order valence-corrected chi connectivity index (χ2v) is 6.99. The lowest BCUT2D eigenvalue weighted by atomic mass is 10.3. The van der Waals surface area contributed by atoms with Gasteiger partial charge in [0.15, 0.2) is 0 Å². The van der Waals surface area contributed by atoms with E-state index in [2.05, 4.69) is 5.09 Å². The molecule has 0 bridgehead atoms. The van der Waals surface area contributed by atoms with Crippen LogP contribution in [0.5, 0.6) is 5.75 Å². The summed E-state index contributed by atoms with van der Waals surface area (Å²) in [6, 6.07) is 7.71. The largest absolute Gasteiger partial charge is 0.465 e. The first-order chi connectivity index (χ1) is 9.44. The highest BCUT2D eigenvalue weighted by molar-refractivity contribution is 7.84. The molecule has 0 saturated carbocycles. The second kappa shape index (κ2) is 8.30. The van der Waals surface area contributed by atoms with Crippen LogP contribution in [0.4, 0.5) is 0 Å². The molecule has 1 aromatic rings. The molecule has 1 rings (SSSR count). The van der Waals surface area contributed by atoms with Crippen LogP contribution < -0.4 is 9.61 Å². The van der Waals surface area contributed by atoms with Gasteiger partial charge in [-0.05, 0) is 25.5 Å². The van der Waals surface area contributed by atoms with Crippen LogP contribution >= 0.6 is 18.1 Å². The minimum absolute atomic E-state index is 0.341. The Morgan fingerprint density at radius 1 is 1.40 bits per heavy atom. The summed E-state index contributed by atoms with van der Waals surface area (Å²) in [4.78, 5) is 11.6. The average Bonchev–Trinajstić information content (AvgIpc) is 2.38. The number of esters is 1. The monoisotopic (exact) mass is 319 g/mol. The summed E-state index contributed by atoms with van der Waals surface area (Å²) in [5, 5.41) is 2.46. The molecule has 0 aliphatic carbocycles. The molecule has 5 nitrogen and oxygen atoms in total. The molecule has 0 saturated heterocycles. The van der Waals surface area contributed by atoms with Crippen molar-refractivity contribution in [2.75, 3.05) is 6.61 Å². The Bertz CT molecular complexity index is 469. The minimum atomic E-state index is -3.64. The van der Waals surface area contributed by atoms with Crippen molar-refractivity contribution in [1.82, 2.24) is 5.09 Å². The number of benzene rings is 1. The van der Waals surface area contributed by atoms with Crippen molar-refractivity contribution in [3.63, 3.8) is 0 Å². The number of hydrogen-bond donors (Lipinski definition) is 1. The van der Waals surface area contributed by atoms with Crippen molar-refractivity contribution in [3.8, 4) is 5.75 Å². The zero-order valence-corrected chi connectivity index (χ0v) is 13.2. The Kier molecular flexibility index (Phi) is 7.06. The Balaban J connectivity index is 2.48. The number of unbranched alkanes of at least 4 members (excludes halogenated alkanes) is 1. The fourth-order valence-electron chi connectivity index (χ4n) is 1.37. The molecule has 0 heterocycles. The van der Waals surface area contributed by atoms with Gasteiger partial charge in [0.2, 0.25) is 0 Å². The molecular weight excluding hydrogens is 301 g/mol. The highest BCUT2D eigenvalue weighted by Crippen LogP contribution is 2.48. The van der Waals surface area contributed by atoms with Gasteiger partial charge in [-0.3, -0.25) is 4.79 Å². The zero-order chi connectivity index (χ0) is 15.0. The van der Waals surface area contributed by atoms with Gasteiger partial charge in [0.1, 0.15) is 11.8 Å². The van der Waals surface area contributed by atoms with E-state index in [1.54, 1.807) is 30.3 Å². The molecule has 0 radical (unpaired) electrons. The molecule has 0 fully saturated rings. The fourth-order valence-corrected chi connectivity index (χ4v) is 3.06. The maximum absolute atomic E-state index is 12.1. The molecular formula is C13H19ClNO4P. The van der Waals surface area contributed by atoms with Crippen molar-refractivity contribution < 1.29 is 18.6 Å². The molecule has 0 aliphatic heterocycles. The number of hydrogen-bond acceptors (Lipinski definition) is 4. The van der Waals surface area contributed by atoms with Crippen LogP contribution in [0.15, 0.2) is 30.3 Å². The SMILES string of the molecule is CCCCOC(=O)C(C)NP(=O)(Cl)Oc1ccccc1. The van der Waals surface area contributed by atoms with Gasteiger partial charge in [0.25, 0.3) is 0 Å². The lowest BCUT2D eigenvalue weighted by molar-refractivity contribution is -0.145. The predicted molar refractivity (Wildman–Crippen MR) is 79.0 cm³/mol. The lowest BCUT2D eigenvalue weighted by Gasteiger charge is -2.18. The van der Waals surface area contributed by atoms with Crippen LogP contribution in [-0.4, -0.2) is 18.6 Å². The van der Waals surface area contributed by atoms with Gasteiger partial charge in [-0.25, -0.2) is 9.65 Å². The topological polar surface area (TPSA) is 64.6 Å². The highest BCUT2D eigenvalue weighted by Gasteiger charge is 2.27. The molecule has 1 N–H and O–H groups in total. The molecule has 0 aliphatic rings. The predicted octanol–water partition coefficient (Wildman–Crippen LogP) is 3.73. The van der Waals surface area contributed by atoms with Crippen molar-refractivity contribution in [2.24, 2.45) is 0 Å². The summed E-state index contributed by atoms with van der Waals surface area (Å²) >= 11 is 5.79. The van der Waals surface area contributed by atoms with Gasteiger partial charge in [0.05, 0.1) is 6.61 Å². The summed E-state index contributed by atoms with van der Waals surface area (Å²) in [5.74, 6) is -0.138. The molecule has 0 amide bonds. The number of halogens is 1. The molecule has 2 unspecified atom stereocenters. The molecule has 2 atom stereocenters. The van der Waals surface area contributed by atoms with Gasteiger partial charge in [-0.15, -0.1) is 0 Å². The normalized spacial score (nSPS) is 15.2. The third-order valence-electron chi connectivity index (χ3n) is 2.41. The van der Waals surface area contributed by atoms with E-state index >= 15 is 0 Å². The van der Waals surface area contributed by atoms with E-state index in [1.807, 2.05) is 6.92 Å². The number of ether oxygens (including phenoxy) is 1. The van der Waals surface area contributed by atoms with Crippen LogP contribution in [0.25, 0.3) is 0 Å². The molecule has 0 aromatic heterocycles. The third-order valence-corrected chi connectivity index (χ3v) is 4.05. The fraction of sp³-hybridized carbons (Fsp3) is 0.462. The van der Waals surface area contributed by atoms with E-state index in [1.165, 1.54) is 6.92 Å². The summed E-state index contributed by atoms with van der Waals surface area (Å²) < 4.78 is 22.2. The quantitative estimate of drug-likeness (QED) is 0.449. The minimum Gasteiger partial charge on any atom is -0.465 e. The van der Waals surface area contributed by atoms with Crippen LogP contribution in [0.3, 0.4) is 0 Å². The Morgan fingerprint density at radius 2 is 2.05 bits per heavy atom. The molecule has 20 heavy (non-hydrogen) atoms. The maximum atomic E-state index is 12.1.